The Balaban J connectivity index is 2.48. The minimum Gasteiger partial charge on any atom is -0.360 e. The Morgan fingerprint density at radius 3 is 2.27 bits per heavy atom. The molecule has 0 aliphatic heterocycles. The van der Waals surface area contributed by atoms with Crippen LogP contribution < -0.4 is 4.72 Å². The minimum absolute atomic E-state index is 0.0113. The van der Waals surface area contributed by atoms with E-state index in [4.69, 9.17) is 16.1 Å². The van der Waals surface area contributed by atoms with Crippen LogP contribution in [0.5, 0.6) is 0 Å². The molecule has 0 fully saturated rings. The van der Waals surface area contributed by atoms with Gasteiger partial charge in [-0.05, 0) is 32.0 Å². The molecule has 2 aromatic rings. The molecule has 2 rings (SSSR count). The number of halogens is 1. The monoisotopic (exact) mass is 421 g/mol. The summed E-state index contributed by atoms with van der Waals surface area (Å²) in [5.74, 6) is 0.139. The number of nitrogens with zero attached hydrogens (tertiary/aromatic N) is 2. The van der Waals surface area contributed by atoms with Crippen molar-refractivity contribution in [2.75, 3.05) is 17.8 Å². The number of hydrogen-bond donors (Lipinski definition) is 1. The molecule has 0 aliphatic carbocycles. The first-order valence-electron chi connectivity index (χ1n) is 7.80. The molecule has 0 bridgehead atoms. The third-order valence-electron chi connectivity index (χ3n) is 3.74. The smallest absolute Gasteiger partial charge is 0.267 e. The van der Waals surface area contributed by atoms with Crippen molar-refractivity contribution in [3.05, 3.63) is 34.7 Å². The Bertz CT molecular complexity index is 992. The normalized spacial score (nSPS) is 12.5. The topological polar surface area (TPSA) is 110 Å². The van der Waals surface area contributed by atoms with E-state index in [2.05, 4.69) is 9.88 Å². The quantitative estimate of drug-likeness (QED) is 0.736. The van der Waals surface area contributed by atoms with Crippen LogP contribution in [0.4, 0.5) is 5.69 Å². The van der Waals surface area contributed by atoms with Crippen molar-refractivity contribution in [2.45, 2.75) is 37.5 Å². The first kappa shape index (κ1) is 20.7. The standard InChI is InChI=1S/C15H20ClN3O5S2/c1-5-19(6-2)26(22,23)14-9-12(7-8-13(14)16)18-25(20,21)15-10(3)17-24-11(15)4/h7-9,18H,5-6H2,1-4H3. The number of hydrogen-bond acceptors (Lipinski definition) is 6. The second-order valence-electron chi connectivity index (χ2n) is 5.49. The third-order valence-corrected chi connectivity index (χ3v) is 7.90. The van der Waals surface area contributed by atoms with Gasteiger partial charge < -0.3 is 4.52 Å². The lowest BCUT2D eigenvalue weighted by Crippen LogP contribution is -2.30. The highest BCUT2D eigenvalue weighted by Crippen LogP contribution is 2.29. The average Bonchev–Trinajstić information content (AvgIpc) is 2.89. The Kier molecular flexibility index (Phi) is 6.01. The number of nitrogens with one attached hydrogen (secondary N) is 1. The molecule has 0 amide bonds. The van der Waals surface area contributed by atoms with Crippen LogP contribution in [0.2, 0.25) is 5.02 Å². The van der Waals surface area contributed by atoms with Crippen molar-refractivity contribution >= 4 is 37.3 Å². The van der Waals surface area contributed by atoms with Gasteiger partial charge in [0.05, 0.1) is 10.7 Å². The molecule has 1 N–H and O–H groups in total. The molecule has 144 valence electrons. The third kappa shape index (κ3) is 3.88. The number of benzene rings is 1. The van der Waals surface area contributed by atoms with Crippen molar-refractivity contribution < 1.29 is 21.4 Å². The van der Waals surface area contributed by atoms with E-state index >= 15 is 0 Å². The van der Waals surface area contributed by atoms with Crippen LogP contribution in [-0.2, 0) is 20.0 Å². The molecule has 0 aliphatic rings. The second kappa shape index (κ2) is 7.55. The van der Waals surface area contributed by atoms with Crippen LogP contribution in [0.25, 0.3) is 0 Å². The van der Waals surface area contributed by atoms with Crippen molar-refractivity contribution in [2.24, 2.45) is 0 Å². The number of rotatable bonds is 7. The van der Waals surface area contributed by atoms with Gasteiger partial charge in [0.15, 0.2) is 10.7 Å². The lowest BCUT2D eigenvalue weighted by molar-refractivity contribution is 0.390. The second-order valence-corrected chi connectivity index (χ2v) is 9.43. The molecule has 0 unspecified atom stereocenters. The van der Waals surface area contributed by atoms with Gasteiger partial charge in [0.1, 0.15) is 10.6 Å². The fourth-order valence-electron chi connectivity index (χ4n) is 2.53. The SMILES string of the molecule is CCN(CC)S(=O)(=O)c1cc(NS(=O)(=O)c2c(C)noc2C)ccc1Cl. The van der Waals surface area contributed by atoms with Gasteiger partial charge in [-0.2, -0.15) is 4.31 Å². The zero-order valence-electron chi connectivity index (χ0n) is 14.8. The van der Waals surface area contributed by atoms with E-state index < -0.39 is 20.0 Å². The summed E-state index contributed by atoms with van der Waals surface area (Å²) in [6.07, 6.45) is 0. The zero-order chi connectivity index (χ0) is 19.7. The number of aryl methyl sites for hydroxylation is 2. The highest BCUT2D eigenvalue weighted by molar-refractivity contribution is 7.92. The maximum atomic E-state index is 12.7. The molecule has 1 aromatic carbocycles. The Morgan fingerprint density at radius 1 is 1.15 bits per heavy atom. The Morgan fingerprint density at radius 2 is 1.77 bits per heavy atom. The molecule has 1 aromatic heterocycles. The summed E-state index contributed by atoms with van der Waals surface area (Å²) in [5.41, 5.74) is 0.278. The van der Waals surface area contributed by atoms with Gasteiger partial charge in [-0.3, -0.25) is 4.72 Å². The molecule has 11 heteroatoms. The molecule has 26 heavy (non-hydrogen) atoms. The molecule has 0 saturated heterocycles. The van der Waals surface area contributed by atoms with Crippen molar-refractivity contribution in [1.82, 2.24) is 9.46 Å². The van der Waals surface area contributed by atoms with Crippen LogP contribution in [-0.4, -0.2) is 39.4 Å². The Hall–Kier alpha value is -1.62. The summed E-state index contributed by atoms with van der Waals surface area (Å²) in [6, 6.07) is 3.92. The van der Waals surface area contributed by atoms with Crippen LogP contribution in [0.3, 0.4) is 0 Å². The summed E-state index contributed by atoms with van der Waals surface area (Å²) < 4.78 is 59.1. The van der Waals surface area contributed by atoms with Gasteiger partial charge in [0, 0.05) is 13.1 Å². The van der Waals surface area contributed by atoms with Crippen LogP contribution in [0.15, 0.2) is 32.5 Å². The summed E-state index contributed by atoms with van der Waals surface area (Å²) in [5, 5.41) is 3.63. The number of aromatic nitrogens is 1. The van der Waals surface area contributed by atoms with Crippen molar-refractivity contribution in [3.8, 4) is 0 Å². The van der Waals surface area contributed by atoms with Crippen LogP contribution in [0.1, 0.15) is 25.3 Å². The van der Waals surface area contributed by atoms with E-state index in [0.29, 0.717) is 0 Å². The first-order valence-corrected chi connectivity index (χ1v) is 11.1. The van der Waals surface area contributed by atoms with Gasteiger partial charge >= 0.3 is 0 Å². The Labute approximate surface area is 158 Å². The van der Waals surface area contributed by atoms with Crippen molar-refractivity contribution in [1.29, 1.82) is 0 Å². The minimum atomic E-state index is -4.00. The van der Waals surface area contributed by atoms with Gasteiger partial charge in [0.2, 0.25) is 10.0 Å². The fourth-order valence-corrected chi connectivity index (χ4v) is 5.87. The maximum absolute atomic E-state index is 12.7. The number of anilines is 1. The molecule has 1 heterocycles. The highest BCUT2D eigenvalue weighted by Gasteiger charge is 2.27. The average molecular weight is 422 g/mol. The molecular weight excluding hydrogens is 402 g/mol. The molecular formula is C15H20ClN3O5S2. The molecule has 8 nitrogen and oxygen atoms in total. The summed E-state index contributed by atoms with van der Waals surface area (Å²) in [4.78, 5) is -0.248. The van der Waals surface area contributed by atoms with E-state index in [0.717, 1.165) is 0 Å². The largest absolute Gasteiger partial charge is 0.360 e. The van der Waals surface area contributed by atoms with E-state index in [1.165, 1.54) is 36.4 Å². The van der Waals surface area contributed by atoms with Gasteiger partial charge in [-0.15, -0.1) is 0 Å². The zero-order valence-corrected chi connectivity index (χ0v) is 17.2. The van der Waals surface area contributed by atoms with Gasteiger partial charge in [-0.25, -0.2) is 16.8 Å². The summed E-state index contributed by atoms with van der Waals surface area (Å²) in [6.45, 7) is 6.93. The molecule has 0 spiro atoms. The van der Waals surface area contributed by atoms with Crippen molar-refractivity contribution in [3.63, 3.8) is 0 Å². The van der Waals surface area contributed by atoms with E-state index in [1.54, 1.807) is 13.8 Å². The predicted octanol–water partition coefficient (Wildman–Crippen LogP) is 2.78. The lowest BCUT2D eigenvalue weighted by Gasteiger charge is -2.20. The molecule has 0 radical (unpaired) electrons. The first-order chi connectivity index (χ1) is 12.0. The lowest BCUT2D eigenvalue weighted by atomic mass is 10.3. The maximum Gasteiger partial charge on any atom is 0.267 e. The fraction of sp³-hybridized carbons (Fsp3) is 0.400. The predicted molar refractivity (Wildman–Crippen MR) is 98.3 cm³/mol. The van der Waals surface area contributed by atoms with Gasteiger partial charge in [0.25, 0.3) is 10.0 Å². The van der Waals surface area contributed by atoms with Crippen LogP contribution >= 0.6 is 11.6 Å². The van der Waals surface area contributed by atoms with E-state index in [1.807, 2.05) is 0 Å². The highest BCUT2D eigenvalue weighted by atomic mass is 35.5. The summed E-state index contributed by atoms with van der Waals surface area (Å²) in [7, 11) is -7.84. The van der Waals surface area contributed by atoms with Gasteiger partial charge in [-0.1, -0.05) is 30.6 Å². The van der Waals surface area contributed by atoms with E-state index in [-0.39, 0.29) is 45.0 Å². The molecule has 0 atom stereocenters. The number of sulfonamides is 2. The van der Waals surface area contributed by atoms with Crippen LogP contribution in [0, 0.1) is 13.8 Å². The molecule has 0 saturated carbocycles. The summed E-state index contributed by atoms with van der Waals surface area (Å²) >= 11 is 6.05. The van der Waals surface area contributed by atoms with E-state index in [9.17, 15) is 16.8 Å².